The number of hydrogen-bond acceptors (Lipinski definition) is 3. The van der Waals surface area contributed by atoms with Crippen LogP contribution >= 0.6 is 0 Å². The van der Waals surface area contributed by atoms with Crippen molar-refractivity contribution in [1.82, 2.24) is 5.32 Å². The Bertz CT molecular complexity index is 256. The standard InChI is InChI=1S/C12H22N2O2/c1-4-5-10(8-13)11(16)14-9-12(2,3)6-7-15/h10,15H,4-7,9H2,1-3H3,(H,14,16). The number of rotatable bonds is 7. The van der Waals surface area contributed by atoms with Crippen LogP contribution in [0.5, 0.6) is 0 Å². The van der Waals surface area contributed by atoms with Crippen LogP contribution in [-0.2, 0) is 4.79 Å². The predicted octanol–water partition coefficient (Wildman–Crippen LogP) is 1.45. The van der Waals surface area contributed by atoms with E-state index in [1.165, 1.54) is 0 Å². The van der Waals surface area contributed by atoms with Crippen molar-refractivity contribution in [2.75, 3.05) is 13.2 Å². The zero-order valence-corrected chi connectivity index (χ0v) is 10.4. The zero-order chi connectivity index (χ0) is 12.6. The van der Waals surface area contributed by atoms with E-state index in [-0.39, 0.29) is 17.9 Å². The molecule has 0 aromatic carbocycles. The molecule has 0 saturated heterocycles. The lowest BCUT2D eigenvalue weighted by Crippen LogP contribution is -2.37. The zero-order valence-electron chi connectivity index (χ0n) is 10.4. The SMILES string of the molecule is CCCC(C#N)C(=O)NCC(C)(C)CCO. The lowest BCUT2D eigenvalue weighted by molar-refractivity contribution is -0.124. The van der Waals surface area contributed by atoms with Crippen LogP contribution in [-0.4, -0.2) is 24.2 Å². The molecule has 0 fully saturated rings. The van der Waals surface area contributed by atoms with Gasteiger partial charge >= 0.3 is 0 Å². The fourth-order valence-electron chi connectivity index (χ4n) is 1.38. The van der Waals surface area contributed by atoms with Crippen molar-refractivity contribution in [3.8, 4) is 6.07 Å². The van der Waals surface area contributed by atoms with Crippen LogP contribution in [0.3, 0.4) is 0 Å². The van der Waals surface area contributed by atoms with Crippen molar-refractivity contribution in [2.24, 2.45) is 11.3 Å². The maximum absolute atomic E-state index is 11.6. The van der Waals surface area contributed by atoms with E-state index in [0.717, 1.165) is 6.42 Å². The summed E-state index contributed by atoms with van der Waals surface area (Å²) in [6.07, 6.45) is 2.06. The first-order chi connectivity index (χ1) is 7.46. The molecule has 0 aliphatic heterocycles. The second-order valence-corrected chi connectivity index (χ2v) is 4.83. The Hall–Kier alpha value is -1.08. The molecule has 0 spiro atoms. The average Bonchev–Trinajstić information content (AvgIpc) is 2.22. The van der Waals surface area contributed by atoms with Gasteiger partial charge in [0, 0.05) is 13.2 Å². The summed E-state index contributed by atoms with van der Waals surface area (Å²) in [7, 11) is 0. The average molecular weight is 226 g/mol. The molecule has 0 rings (SSSR count). The molecule has 2 N–H and O–H groups in total. The van der Waals surface area contributed by atoms with Crippen molar-refractivity contribution in [3.05, 3.63) is 0 Å². The minimum absolute atomic E-state index is 0.111. The molecule has 16 heavy (non-hydrogen) atoms. The number of nitrogens with one attached hydrogen (secondary N) is 1. The Labute approximate surface area is 97.7 Å². The Morgan fingerprint density at radius 1 is 1.56 bits per heavy atom. The van der Waals surface area contributed by atoms with Crippen molar-refractivity contribution < 1.29 is 9.90 Å². The minimum Gasteiger partial charge on any atom is -0.396 e. The van der Waals surface area contributed by atoms with E-state index in [1.54, 1.807) is 0 Å². The van der Waals surface area contributed by atoms with E-state index >= 15 is 0 Å². The summed E-state index contributed by atoms with van der Waals surface area (Å²) in [6.45, 7) is 6.51. The lowest BCUT2D eigenvalue weighted by atomic mass is 9.89. The molecule has 0 aromatic heterocycles. The van der Waals surface area contributed by atoms with Crippen LogP contribution in [0, 0.1) is 22.7 Å². The number of nitrogens with zero attached hydrogens (tertiary/aromatic N) is 1. The van der Waals surface area contributed by atoms with Crippen molar-refractivity contribution in [3.63, 3.8) is 0 Å². The number of amides is 1. The molecule has 4 nitrogen and oxygen atoms in total. The van der Waals surface area contributed by atoms with Crippen LogP contribution in [0.2, 0.25) is 0 Å². The molecule has 1 unspecified atom stereocenters. The Balaban J connectivity index is 4.10. The van der Waals surface area contributed by atoms with Gasteiger partial charge in [-0.2, -0.15) is 5.26 Å². The van der Waals surface area contributed by atoms with Crippen LogP contribution in [0.1, 0.15) is 40.0 Å². The summed E-state index contributed by atoms with van der Waals surface area (Å²) >= 11 is 0. The molecule has 0 aliphatic rings. The monoisotopic (exact) mass is 226 g/mol. The van der Waals surface area contributed by atoms with Gasteiger partial charge in [0.05, 0.1) is 6.07 Å². The Morgan fingerprint density at radius 3 is 2.62 bits per heavy atom. The van der Waals surface area contributed by atoms with Gasteiger partial charge in [-0.15, -0.1) is 0 Å². The van der Waals surface area contributed by atoms with Gasteiger partial charge in [0.25, 0.3) is 0 Å². The van der Waals surface area contributed by atoms with Crippen LogP contribution in [0.4, 0.5) is 0 Å². The summed E-state index contributed by atoms with van der Waals surface area (Å²) in [5, 5.41) is 20.4. The molecule has 0 saturated carbocycles. The molecule has 0 bridgehead atoms. The van der Waals surface area contributed by atoms with Gasteiger partial charge in [-0.05, 0) is 18.3 Å². The van der Waals surface area contributed by atoms with Gasteiger partial charge in [0.2, 0.25) is 5.91 Å². The highest BCUT2D eigenvalue weighted by atomic mass is 16.3. The first-order valence-corrected chi connectivity index (χ1v) is 5.75. The highest BCUT2D eigenvalue weighted by Crippen LogP contribution is 2.18. The first-order valence-electron chi connectivity index (χ1n) is 5.75. The summed E-state index contributed by atoms with van der Waals surface area (Å²) in [6, 6.07) is 2.01. The summed E-state index contributed by atoms with van der Waals surface area (Å²) < 4.78 is 0. The van der Waals surface area contributed by atoms with Crippen molar-refractivity contribution in [2.45, 2.75) is 40.0 Å². The molecule has 0 heterocycles. The Kier molecular flexibility index (Phi) is 6.75. The third kappa shape index (κ3) is 5.72. The van der Waals surface area contributed by atoms with Crippen molar-refractivity contribution in [1.29, 1.82) is 5.26 Å². The van der Waals surface area contributed by atoms with E-state index in [9.17, 15) is 4.79 Å². The largest absolute Gasteiger partial charge is 0.396 e. The highest BCUT2D eigenvalue weighted by Gasteiger charge is 2.21. The number of carbonyl (C=O) groups is 1. The highest BCUT2D eigenvalue weighted by molar-refractivity contribution is 5.80. The number of aliphatic hydroxyl groups excluding tert-OH is 1. The Morgan fingerprint density at radius 2 is 2.19 bits per heavy atom. The summed E-state index contributed by atoms with van der Waals surface area (Å²) in [4.78, 5) is 11.6. The molecular formula is C12H22N2O2. The number of aliphatic hydroxyl groups is 1. The van der Waals surface area contributed by atoms with Gasteiger partial charge in [-0.25, -0.2) is 0 Å². The summed E-state index contributed by atoms with van der Waals surface area (Å²) in [5.41, 5.74) is -0.128. The van der Waals surface area contributed by atoms with E-state index < -0.39 is 5.92 Å². The smallest absolute Gasteiger partial charge is 0.237 e. The van der Waals surface area contributed by atoms with Crippen LogP contribution in [0.15, 0.2) is 0 Å². The van der Waals surface area contributed by atoms with Crippen LogP contribution < -0.4 is 5.32 Å². The molecular weight excluding hydrogens is 204 g/mol. The topological polar surface area (TPSA) is 73.1 Å². The molecule has 0 radical (unpaired) electrons. The number of nitriles is 1. The minimum atomic E-state index is -0.546. The van der Waals surface area contributed by atoms with E-state index in [2.05, 4.69) is 5.32 Å². The third-order valence-electron chi connectivity index (χ3n) is 2.58. The van der Waals surface area contributed by atoms with Gasteiger partial charge in [0.15, 0.2) is 0 Å². The molecule has 0 aromatic rings. The molecule has 92 valence electrons. The van der Waals surface area contributed by atoms with E-state index in [0.29, 0.717) is 19.4 Å². The molecule has 0 aliphatic carbocycles. The van der Waals surface area contributed by atoms with Gasteiger partial charge in [0.1, 0.15) is 5.92 Å². The molecule has 4 heteroatoms. The number of carbonyl (C=O) groups excluding carboxylic acids is 1. The lowest BCUT2D eigenvalue weighted by Gasteiger charge is -2.24. The first kappa shape index (κ1) is 14.9. The maximum Gasteiger partial charge on any atom is 0.237 e. The second kappa shape index (κ2) is 7.24. The van der Waals surface area contributed by atoms with Crippen LogP contribution in [0.25, 0.3) is 0 Å². The molecule has 1 amide bonds. The van der Waals surface area contributed by atoms with E-state index in [4.69, 9.17) is 10.4 Å². The fourth-order valence-corrected chi connectivity index (χ4v) is 1.38. The predicted molar refractivity (Wildman–Crippen MR) is 62.5 cm³/mol. The van der Waals surface area contributed by atoms with Gasteiger partial charge in [-0.3, -0.25) is 4.79 Å². The third-order valence-corrected chi connectivity index (χ3v) is 2.58. The van der Waals surface area contributed by atoms with Crippen molar-refractivity contribution >= 4 is 5.91 Å². The summed E-state index contributed by atoms with van der Waals surface area (Å²) in [5.74, 6) is -0.745. The van der Waals surface area contributed by atoms with Gasteiger partial charge < -0.3 is 10.4 Å². The normalized spacial score (nSPS) is 12.9. The maximum atomic E-state index is 11.6. The molecule has 1 atom stereocenters. The quantitative estimate of drug-likeness (QED) is 0.690. The number of hydrogen-bond donors (Lipinski definition) is 2. The fraction of sp³-hybridized carbons (Fsp3) is 0.833. The van der Waals surface area contributed by atoms with E-state index in [1.807, 2.05) is 26.8 Å². The van der Waals surface area contributed by atoms with Gasteiger partial charge in [-0.1, -0.05) is 27.2 Å². The second-order valence-electron chi connectivity index (χ2n) is 4.83.